The molecule has 0 aliphatic carbocycles. The highest BCUT2D eigenvalue weighted by Crippen LogP contribution is 2.25. The van der Waals surface area contributed by atoms with E-state index >= 15 is 0 Å². The lowest BCUT2D eigenvalue weighted by Gasteiger charge is -2.07. The predicted molar refractivity (Wildman–Crippen MR) is 117 cm³/mol. The largest absolute Gasteiger partial charge is 0.497 e. The molecule has 1 amide bonds. The number of carbonyl (C=O) groups excluding carboxylic acids is 1. The van der Waals surface area contributed by atoms with Crippen molar-refractivity contribution in [3.63, 3.8) is 0 Å². The van der Waals surface area contributed by atoms with Crippen LogP contribution in [0.5, 0.6) is 5.75 Å². The second-order valence-electron chi connectivity index (χ2n) is 6.70. The van der Waals surface area contributed by atoms with E-state index in [-0.39, 0.29) is 5.82 Å². The fourth-order valence-electron chi connectivity index (χ4n) is 3.03. The maximum atomic E-state index is 12.8. The van der Waals surface area contributed by atoms with E-state index < -0.39 is 5.91 Å². The molecule has 0 unspecified atom stereocenters. The van der Waals surface area contributed by atoms with E-state index in [9.17, 15) is 4.79 Å². The number of aromatic nitrogens is 3. The summed E-state index contributed by atoms with van der Waals surface area (Å²) in [6.07, 6.45) is 0. The first-order valence-corrected chi connectivity index (χ1v) is 9.67. The molecule has 3 aromatic carbocycles. The normalized spacial score (nSPS) is 10.6. The third kappa shape index (κ3) is 4.18. The number of methoxy groups -OCH3 is 1. The van der Waals surface area contributed by atoms with Crippen LogP contribution >= 0.6 is 11.6 Å². The average molecular weight is 419 g/mol. The lowest BCUT2D eigenvalue weighted by Crippen LogP contribution is -2.14. The Balaban J connectivity index is 1.75. The van der Waals surface area contributed by atoms with Crippen LogP contribution in [0.1, 0.15) is 16.2 Å². The summed E-state index contributed by atoms with van der Waals surface area (Å²) in [5.41, 5.74) is 3.22. The minimum absolute atomic E-state index is 0.0577. The molecule has 1 N–H and O–H groups in total. The first-order valence-electron chi connectivity index (χ1n) is 9.29. The number of rotatable bonds is 5. The van der Waals surface area contributed by atoms with Gasteiger partial charge in [-0.1, -0.05) is 29.8 Å². The molecule has 6 nitrogen and oxygen atoms in total. The third-order valence-electron chi connectivity index (χ3n) is 4.49. The lowest BCUT2D eigenvalue weighted by molar-refractivity contribution is 0.101. The van der Waals surface area contributed by atoms with Gasteiger partial charge in [0.05, 0.1) is 12.8 Å². The number of nitrogens with zero attached hydrogens (tertiary/aromatic N) is 3. The fourth-order valence-corrected chi connectivity index (χ4v) is 3.22. The minimum Gasteiger partial charge on any atom is -0.497 e. The Morgan fingerprint density at radius 3 is 2.50 bits per heavy atom. The highest BCUT2D eigenvalue weighted by molar-refractivity contribution is 6.30. The number of halogens is 1. The van der Waals surface area contributed by atoms with Crippen LogP contribution in [-0.4, -0.2) is 27.8 Å². The summed E-state index contributed by atoms with van der Waals surface area (Å²) < 4.78 is 6.84. The van der Waals surface area contributed by atoms with Gasteiger partial charge in [0.1, 0.15) is 5.75 Å². The molecule has 7 heteroatoms. The number of hydrogen-bond acceptors (Lipinski definition) is 4. The molecule has 0 aliphatic heterocycles. The number of ether oxygens (including phenoxy) is 1. The van der Waals surface area contributed by atoms with E-state index in [1.54, 1.807) is 23.9 Å². The van der Waals surface area contributed by atoms with Gasteiger partial charge in [0, 0.05) is 16.3 Å². The monoisotopic (exact) mass is 418 g/mol. The van der Waals surface area contributed by atoms with E-state index in [1.807, 2.05) is 67.6 Å². The first-order chi connectivity index (χ1) is 14.5. The Labute approximate surface area is 179 Å². The number of carbonyl (C=O) groups is 1. The van der Waals surface area contributed by atoms with Crippen molar-refractivity contribution in [1.82, 2.24) is 14.8 Å². The molecule has 4 aromatic rings. The zero-order chi connectivity index (χ0) is 21.1. The van der Waals surface area contributed by atoms with Gasteiger partial charge in [-0.3, -0.25) is 4.79 Å². The molecule has 0 fully saturated rings. The average Bonchev–Trinajstić information content (AvgIpc) is 3.19. The molecule has 4 rings (SSSR count). The molecule has 0 spiro atoms. The third-order valence-corrected chi connectivity index (χ3v) is 4.72. The summed E-state index contributed by atoms with van der Waals surface area (Å²) in [7, 11) is 1.61. The van der Waals surface area contributed by atoms with Crippen LogP contribution in [0.25, 0.3) is 17.1 Å². The van der Waals surface area contributed by atoms with Crippen LogP contribution in [-0.2, 0) is 0 Å². The summed E-state index contributed by atoms with van der Waals surface area (Å²) in [5.74, 6) is 0.915. The van der Waals surface area contributed by atoms with E-state index in [4.69, 9.17) is 16.3 Å². The molecule has 1 heterocycles. The molecule has 150 valence electrons. The van der Waals surface area contributed by atoms with Crippen molar-refractivity contribution in [3.05, 3.63) is 89.2 Å². The van der Waals surface area contributed by atoms with Crippen LogP contribution in [0.3, 0.4) is 0 Å². The van der Waals surface area contributed by atoms with Gasteiger partial charge in [-0.2, -0.15) is 0 Å². The van der Waals surface area contributed by atoms with E-state index in [0.29, 0.717) is 22.2 Å². The van der Waals surface area contributed by atoms with Gasteiger partial charge in [0.15, 0.2) is 5.82 Å². The summed E-state index contributed by atoms with van der Waals surface area (Å²) in [5, 5.41) is 7.88. The number of amides is 1. The highest BCUT2D eigenvalue weighted by Gasteiger charge is 2.19. The van der Waals surface area contributed by atoms with Crippen molar-refractivity contribution in [2.24, 2.45) is 0 Å². The number of benzene rings is 3. The molecule has 30 heavy (non-hydrogen) atoms. The van der Waals surface area contributed by atoms with Gasteiger partial charge < -0.3 is 10.1 Å². The molecule has 0 atom stereocenters. The maximum Gasteiger partial charge on any atom is 0.295 e. The second kappa shape index (κ2) is 8.39. The molecule has 0 saturated heterocycles. The van der Waals surface area contributed by atoms with Crippen molar-refractivity contribution in [2.45, 2.75) is 6.92 Å². The van der Waals surface area contributed by atoms with Crippen molar-refractivity contribution in [1.29, 1.82) is 0 Å². The zero-order valence-corrected chi connectivity index (χ0v) is 17.2. The number of aryl methyl sites for hydroxylation is 1. The summed E-state index contributed by atoms with van der Waals surface area (Å²) in [6.45, 7) is 1.96. The lowest BCUT2D eigenvalue weighted by atomic mass is 10.2. The van der Waals surface area contributed by atoms with Crippen LogP contribution in [0.4, 0.5) is 5.69 Å². The standard InChI is InChI=1S/C23H19ClN4O2/c1-15-5-3-7-18(13-15)25-23(29)21-26-22(16-9-11-20(30-2)12-10-16)28(27-21)19-8-4-6-17(24)14-19/h3-14H,1-2H3,(H,25,29). The van der Waals surface area contributed by atoms with Crippen molar-refractivity contribution in [3.8, 4) is 22.8 Å². The summed E-state index contributed by atoms with van der Waals surface area (Å²) in [4.78, 5) is 17.3. The van der Waals surface area contributed by atoms with Crippen LogP contribution < -0.4 is 10.1 Å². The Bertz CT molecular complexity index is 1200. The van der Waals surface area contributed by atoms with Crippen LogP contribution in [0.2, 0.25) is 5.02 Å². The summed E-state index contributed by atoms with van der Waals surface area (Å²) >= 11 is 6.17. The van der Waals surface area contributed by atoms with Gasteiger partial charge in [-0.15, -0.1) is 5.10 Å². The van der Waals surface area contributed by atoms with Crippen LogP contribution in [0.15, 0.2) is 72.8 Å². The molecule has 0 radical (unpaired) electrons. The van der Waals surface area contributed by atoms with Gasteiger partial charge in [-0.05, 0) is 67.1 Å². The Kier molecular flexibility index (Phi) is 5.50. The molecule has 0 aliphatic rings. The predicted octanol–water partition coefficient (Wildman–Crippen LogP) is 5.16. The van der Waals surface area contributed by atoms with Crippen LogP contribution in [0, 0.1) is 6.92 Å². The molecule has 1 aromatic heterocycles. The number of anilines is 1. The highest BCUT2D eigenvalue weighted by atomic mass is 35.5. The smallest absolute Gasteiger partial charge is 0.295 e. The Morgan fingerprint density at radius 2 is 1.80 bits per heavy atom. The van der Waals surface area contributed by atoms with E-state index in [2.05, 4.69) is 15.4 Å². The molecular weight excluding hydrogens is 400 g/mol. The van der Waals surface area contributed by atoms with Crippen molar-refractivity contribution < 1.29 is 9.53 Å². The van der Waals surface area contributed by atoms with Gasteiger partial charge in [0.25, 0.3) is 5.91 Å². The van der Waals surface area contributed by atoms with Gasteiger partial charge in [-0.25, -0.2) is 9.67 Å². The second-order valence-corrected chi connectivity index (χ2v) is 7.14. The van der Waals surface area contributed by atoms with Gasteiger partial charge in [0.2, 0.25) is 5.82 Å². The van der Waals surface area contributed by atoms with Crippen molar-refractivity contribution >= 4 is 23.2 Å². The molecule has 0 saturated carbocycles. The maximum absolute atomic E-state index is 12.8. The molecular formula is C23H19ClN4O2. The van der Waals surface area contributed by atoms with Crippen molar-refractivity contribution in [2.75, 3.05) is 12.4 Å². The van der Waals surface area contributed by atoms with E-state index in [0.717, 1.165) is 16.9 Å². The quantitative estimate of drug-likeness (QED) is 0.486. The summed E-state index contributed by atoms with van der Waals surface area (Å²) in [6, 6.07) is 22.2. The SMILES string of the molecule is COc1ccc(-c2nc(C(=O)Nc3cccc(C)c3)nn2-c2cccc(Cl)c2)cc1. The topological polar surface area (TPSA) is 69.0 Å². The van der Waals surface area contributed by atoms with E-state index in [1.165, 1.54) is 0 Å². The fraction of sp³-hybridized carbons (Fsp3) is 0.0870. The first kappa shape index (κ1) is 19.7. The Hall–Kier alpha value is -3.64. The minimum atomic E-state index is -0.392. The zero-order valence-electron chi connectivity index (χ0n) is 16.5. The number of hydrogen-bond donors (Lipinski definition) is 1. The Morgan fingerprint density at radius 1 is 1.03 bits per heavy atom. The number of nitrogens with one attached hydrogen (secondary N) is 1. The molecule has 0 bridgehead atoms. The van der Waals surface area contributed by atoms with Gasteiger partial charge >= 0.3 is 0 Å².